The van der Waals surface area contributed by atoms with Crippen molar-refractivity contribution in [1.82, 2.24) is 5.01 Å². The standard InChI is InChI=1S/C13H20N2O/c1-13(2,11-16)10-14-15(3)9-12-7-5-4-6-8-12/h4-8,10,16H,9,11H2,1-3H3. The maximum Gasteiger partial charge on any atom is 0.0607 e. The van der Waals surface area contributed by atoms with Crippen LogP contribution in [0, 0.1) is 5.41 Å². The van der Waals surface area contributed by atoms with Crippen molar-refractivity contribution in [3.8, 4) is 0 Å². The first kappa shape index (κ1) is 12.7. The Hall–Kier alpha value is -1.35. The highest BCUT2D eigenvalue weighted by Crippen LogP contribution is 2.10. The summed E-state index contributed by atoms with van der Waals surface area (Å²) >= 11 is 0. The van der Waals surface area contributed by atoms with Crippen LogP contribution in [0.2, 0.25) is 0 Å². The zero-order valence-electron chi connectivity index (χ0n) is 10.2. The summed E-state index contributed by atoms with van der Waals surface area (Å²) in [4.78, 5) is 0. The van der Waals surface area contributed by atoms with E-state index in [1.54, 1.807) is 6.21 Å². The van der Waals surface area contributed by atoms with Gasteiger partial charge in [-0.15, -0.1) is 0 Å². The number of nitrogens with zero attached hydrogens (tertiary/aromatic N) is 2. The first-order valence-electron chi connectivity index (χ1n) is 5.44. The average Bonchev–Trinajstić information content (AvgIpc) is 2.28. The van der Waals surface area contributed by atoms with Crippen molar-refractivity contribution in [2.24, 2.45) is 10.5 Å². The Morgan fingerprint density at radius 3 is 2.50 bits per heavy atom. The largest absolute Gasteiger partial charge is 0.395 e. The predicted molar refractivity (Wildman–Crippen MR) is 67.3 cm³/mol. The van der Waals surface area contributed by atoms with Gasteiger partial charge in [0.05, 0.1) is 13.2 Å². The number of aliphatic hydroxyl groups excluding tert-OH is 1. The highest BCUT2D eigenvalue weighted by Gasteiger charge is 2.12. The smallest absolute Gasteiger partial charge is 0.0607 e. The van der Waals surface area contributed by atoms with Crippen LogP contribution < -0.4 is 0 Å². The maximum absolute atomic E-state index is 9.09. The van der Waals surface area contributed by atoms with E-state index in [1.807, 2.05) is 44.1 Å². The fourth-order valence-corrected chi connectivity index (χ4v) is 1.18. The van der Waals surface area contributed by atoms with Crippen molar-refractivity contribution in [2.75, 3.05) is 13.7 Å². The molecule has 16 heavy (non-hydrogen) atoms. The molecular formula is C13H20N2O. The number of hydrazone groups is 1. The van der Waals surface area contributed by atoms with Crippen molar-refractivity contribution < 1.29 is 5.11 Å². The van der Waals surface area contributed by atoms with Gasteiger partial charge in [0.15, 0.2) is 0 Å². The molecule has 0 unspecified atom stereocenters. The van der Waals surface area contributed by atoms with Crippen LogP contribution in [0.3, 0.4) is 0 Å². The topological polar surface area (TPSA) is 35.8 Å². The van der Waals surface area contributed by atoms with Gasteiger partial charge in [-0.05, 0) is 5.56 Å². The fraction of sp³-hybridized carbons (Fsp3) is 0.462. The van der Waals surface area contributed by atoms with Crippen LogP contribution in [0.1, 0.15) is 19.4 Å². The molecule has 0 heterocycles. The van der Waals surface area contributed by atoms with E-state index in [1.165, 1.54) is 5.56 Å². The summed E-state index contributed by atoms with van der Waals surface area (Å²) in [6, 6.07) is 10.2. The van der Waals surface area contributed by atoms with Crippen LogP contribution in [0.5, 0.6) is 0 Å². The third-order valence-corrected chi connectivity index (χ3v) is 2.27. The highest BCUT2D eigenvalue weighted by molar-refractivity contribution is 5.64. The zero-order chi connectivity index (χ0) is 12.0. The minimum atomic E-state index is -0.259. The van der Waals surface area contributed by atoms with E-state index in [4.69, 9.17) is 5.11 Å². The van der Waals surface area contributed by atoms with E-state index >= 15 is 0 Å². The summed E-state index contributed by atoms with van der Waals surface area (Å²) in [7, 11) is 1.93. The van der Waals surface area contributed by atoms with Gasteiger partial charge in [0.1, 0.15) is 0 Å². The first-order valence-corrected chi connectivity index (χ1v) is 5.44. The molecule has 1 aromatic rings. The summed E-state index contributed by atoms with van der Waals surface area (Å²) in [6.07, 6.45) is 1.79. The lowest BCUT2D eigenvalue weighted by Gasteiger charge is -2.18. The zero-order valence-corrected chi connectivity index (χ0v) is 10.2. The van der Waals surface area contributed by atoms with Gasteiger partial charge in [-0.25, -0.2) is 0 Å². The molecule has 0 atom stereocenters. The van der Waals surface area contributed by atoms with Crippen molar-refractivity contribution in [3.05, 3.63) is 35.9 Å². The highest BCUT2D eigenvalue weighted by atomic mass is 16.3. The summed E-state index contributed by atoms with van der Waals surface area (Å²) in [5.74, 6) is 0. The molecular weight excluding hydrogens is 200 g/mol. The van der Waals surface area contributed by atoms with Crippen LogP contribution in [-0.2, 0) is 6.54 Å². The minimum absolute atomic E-state index is 0.107. The number of aliphatic hydroxyl groups is 1. The third-order valence-electron chi connectivity index (χ3n) is 2.27. The van der Waals surface area contributed by atoms with E-state index in [-0.39, 0.29) is 12.0 Å². The van der Waals surface area contributed by atoms with Crippen LogP contribution in [0.25, 0.3) is 0 Å². The molecule has 0 spiro atoms. The van der Waals surface area contributed by atoms with Gasteiger partial charge >= 0.3 is 0 Å². The summed E-state index contributed by atoms with van der Waals surface area (Å²) < 4.78 is 0. The Kier molecular flexibility index (Phi) is 4.50. The molecule has 88 valence electrons. The van der Waals surface area contributed by atoms with E-state index < -0.39 is 0 Å². The van der Waals surface area contributed by atoms with Gasteiger partial charge in [-0.1, -0.05) is 44.2 Å². The molecule has 0 aliphatic carbocycles. The van der Waals surface area contributed by atoms with Gasteiger partial charge < -0.3 is 5.11 Å². The van der Waals surface area contributed by atoms with Crippen LogP contribution in [-0.4, -0.2) is 30.0 Å². The molecule has 0 fully saturated rings. The number of benzene rings is 1. The Labute approximate surface area is 97.4 Å². The molecule has 0 bridgehead atoms. The normalized spacial score (nSPS) is 12.0. The van der Waals surface area contributed by atoms with Gasteiger partial charge in [0.2, 0.25) is 0 Å². The van der Waals surface area contributed by atoms with E-state index in [9.17, 15) is 0 Å². The Bertz CT molecular complexity index is 333. The summed E-state index contributed by atoms with van der Waals surface area (Å²) in [6.45, 7) is 4.79. The second-order valence-electron chi connectivity index (χ2n) is 4.69. The lowest BCUT2D eigenvalue weighted by atomic mass is 9.97. The Morgan fingerprint density at radius 1 is 1.31 bits per heavy atom. The van der Waals surface area contributed by atoms with Crippen LogP contribution in [0.15, 0.2) is 35.4 Å². The molecule has 0 saturated carbocycles. The molecule has 1 rings (SSSR count). The second kappa shape index (κ2) is 5.66. The number of hydrogen-bond acceptors (Lipinski definition) is 3. The minimum Gasteiger partial charge on any atom is -0.395 e. The Balaban J connectivity index is 2.51. The quantitative estimate of drug-likeness (QED) is 0.609. The second-order valence-corrected chi connectivity index (χ2v) is 4.69. The number of rotatable bonds is 5. The van der Waals surface area contributed by atoms with E-state index in [2.05, 4.69) is 17.2 Å². The molecule has 0 aliphatic heterocycles. The van der Waals surface area contributed by atoms with Crippen molar-refractivity contribution in [1.29, 1.82) is 0 Å². The molecule has 0 aliphatic rings. The molecule has 0 amide bonds. The Morgan fingerprint density at radius 2 is 1.94 bits per heavy atom. The first-order chi connectivity index (χ1) is 7.53. The van der Waals surface area contributed by atoms with E-state index in [0.29, 0.717) is 0 Å². The van der Waals surface area contributed by atoms with Crippen molar-refractivity contribution in [2.45, 2.75) is 20.4 Å². The fourth-order valence-electron chi connectivity index (χ4n) is 1.18. The van der Waals surface area contributed by atoms with Crippen molar-refractivity contribution in [3.63, 3.8) is 0 Å². The lowest BCUT2D eigenvalue weighted by Crippen LogP contribution is -2.21. The van der Waals surface area contributed by atoms with Gasteiger partial charge in [-0.3, -0.25) is 5.01 Å². The average molecular weight is 220 g/mol. The molecule has 3 nitrogen and oxygen atoms in total. The SMILES string of the molecule is CN(Cc1ccccc1)N=CC(C)(C)CO. The molecule has 0 saturated heterocycles. The van der Waals surface area contributed by atoms with Crippen molar-refractivity contribution >= 4 is 6.21 Å². The summed E-state index contributed by atoms with van der Waals surface area (Å²) in [5.41, 5.74) is 0.967. The molecule has 0 aromatic heterocycles. The maximum atomic E-state index is 9.09. The molecule has 1 N–H and O–H groups in total. The monoisotopic (exact) mass is 220 g/mol. The summed E-state index contributed by atoms with van der Waals surface area (Å²) in [5, 5.41) is 15.3. The van der Waals surface area contributed by atoms with Gasteiger partial charge in [0, 0.05) is 18.7 Å². The molecule has 3 heteroatoms. The molecule has 0 radical (unpaired) electrons. The van der Waals surface area contributed by atoms with Gasteiger partial charge in [0.25, 0.3) is 0 Å². The van der Waals surface area contributed by atoms with Crippen LogP contribution >= 0.6 is 0 Å². The predicted octanol–water partition coefficient (Wildman–Crippen LogP) is 2.12. The van der Waals surface area contributed by atoms with Gasteiger partial charge in [-0.2, -0.15) is 5.10 Å². The van der Waals surface area contributed by atoms with E-state index in [0.717, 1.165) is 6.54 Å². The number of hydrogen-bond donors (Lipinski definition) is 1. The third kappa shape index (κ3) is 4.45. The lowest BCUT2D eigenvalue weighted by molar-refractivity contribution is 0.213. The molecule has 1 aromatic carbocycles. The van der Waals surface area contributed by atoms with Crippen LogP contribution in [0.4, 0.5) is 0 Å².